The van der Waals surface area contributed by atoms with Crippen molar-refractivity contribution in [2.75, 3.05) is 0 Å². The molecule has 0 aliphatic carbocycles. The molecule has 0 saturated carbocycles. The van der Waals surface area contributed by atoms with Crippen LogP contribution in [-0.4, -0.2) is 14.8 Å². The van der Waals surface area contributed by atoms with E-state index in [1.165, 1.54) is 0 Å². The number of hydrogen-bond acceptors (Lipinski definition) is 4. The number of rotatable bonds is 3. The van der Waals surface area contributed by atoms with Gasteiger partial charge < -0.3 is 5.73 Å². The fourth-order valence-corrected chi connectivity index (χ4v) is 1.91. The molecule has 0 fully saturated rings. The minimum absolute atomic E-state index is 0.143. The average molecular weight is 208 g/mol. The van der Waals surface area contributed by atoms with Gasteiger partial charge in [0.2, 0.25) is 0 Å². The third-order valence-electron chi connectivity index (χ3n) is 2.05. The maximum Gasteiger partial charge on any atom is 0.114 e. The number of aryl methyl sites for hydroxylation is 1. The summed E-state index contributed by atoms with van der Waals surface area (Å²) in [6.45, 7) is 2.91. The Morgan fingerprint density at radius 1 is 1.64 bits per heavy atom. The Hall–Kier alpha value is -1.20. The summed E-state index contributed by atoms with van der Waals surface area (Å²) in [7, 11) is 0. The lowest BCUT2D eigenvalue weighted by molar-refractivity contribution is 0.658. The van der Waals surface area contributed by atoms with Crippen LogP contribution in [0.1, 0.15) is 23.5 Å². The molecule has 2 aromatic heterocycles. The lowest BCUT2D eigenvalue weighted by atomic mass is 10.2. The molecule has 74 valence electrons. The van der Waals surface area contributed by atoms with Crippen molar-refractivity contribution in [3.05, 3.63) is 34.5 Å². The molecule has 1 atom stereocenters. The molecule has 0 aliphatic rings. The van der Waals surface area contributed by atoms with Gasteiger partial charge in [-0.2, -0.15) is 5.10 Å². The van der Waals surface area contributed by atoms with Crippen molar-refractivity contribution in [2.45, 2.75) is 19.5 Å². The monoisotopic (exact) mass is 208 g/mol. The standard InChI is InChI=1S/C9H12N4S/c1-2-13-6-7(5-12-13)8(10)9-11-3-4-14-9/h3-6,8H,2,10H2,1H3. The van der Waals surface area contributed by atoms with E-state index in [1.807, 2.05) is 23.2 Å². The number of aromatic nitrogens is 3. The summed E-state index contributed by atoms with van der Waals surface area (Å²) < 4.78 is 1.86. The summed E-state index contributed by atoms with van der Waals surface area (Å²) in [5.74, 6) is 0. The fraction of sp³-hybridized carbons (Fsp3) is 0.333. The number of nitrogens with zero attached hydrogens (tertiary/aromatic N) is 3. The van der Waals surface area contributed by atoms with Gasteiger partial charge in [-0.25, -0.2) is 4.98 Å². The first kappa shape index (κ1) is 9.36. The van der Waals surface area contributed by atoms with Crippen LogP contribution in [0.2, 0.25) is 0 Å². The predicted octanol–water partition coefficient (Wildman–Crippen LogP) is 1.41. The van der Waals surface area contributed by atoms with E-state index in [0.717, 1.165) is 17.1 Å². The lowest BCUT2D eigenvalue weighted by Gasteiger charge is -2.03. The van der Waals surface area contributed by atoms with Gasteiger partial charge in [0, 0.05) is 29.9 Å². The summed E-state index contributed by atoms with van der Waals surface area (Å²) in [5.41, 5.74) is 7.04. The Balaban J connectivity index is 2.23. The lowest BCUT2D eigenvalue weighted by Crippen LogP contribution is -2.10. The van der Waals surface area contributed by atoms with Crippen LogP contribution in [-0.2, 0) is 6.54 Å². The van der Waals surface area contributed by atoms with E-state index in [9.17, 15) is 0 Å². The molecule has 2 rings (SSSR count). The largest absolute Gasteiger partial charge is 0.318 e. The van der Waals surface area contributed by atoms with Crippen LogP contribution in [0.4, 0.5) is 0 Å². The van der Waals surface area contributed by atoms with Gasteiger partial charge in [-0.15, -0.1) is 11.3 Å². The highest BCUT2D eigenvalue weighted by molar-refractivity contribution is 7.09. The zero-order valence-electron chi connectivity index (χ0n) is 7.92. The van der Waals surface area contributed by atoms with Crippen molar-refractivity contribution in [2.24, 2.45) is 5.73 Å². The molecule has 2 aromatic rings. The molecule has 0 aromatic carbocycles. The molecule has 0 bridgehead atoms. The van der Waals surface area contributed by atoms with Crippen LogP contribution in [0.3, 0.4) is 0 Å². The number of nitrogens with two attached hydrogens (primary N) is 1. The van der Waals surface area contributed by atoms with Gasteiger partial charge in [0.05, 0.1) is 12.2 Å². The highest BCUT2D eigenvalue weighted by atomic mass is 32.1. The van der Waals surface area contributed by atoms with Crippen molar-refractivity contribution in [1.82, 2.24) is 14.8 Å². The van der Waals surface area contributed by atoms with E-state index >= 15 is 0 Å². The van der Waals surface area contributed by atoms with Gasteiger partial charge in [0.15, 0.2) is 0 Å². The quantitative estimate of drug-likeness (QED) is 0.829. The van der Waals surface area contributed by atoms with Gasteiger partial charge in [0.1, 0.15) is 5.01 Å². The first-order valence-corrected chi connectivity index (χ1v) is 5.36. The second-order valence-corrected chi connectivity index (χ2v) is 3.90. The minimum Gasteiger partial charge on any atom is -0.318 e. The van der Waals surface area contributed by atoms with Gasteiger partial charge in [-0.1, -0.05) is 0 Å². The Morgan fingerprint density at radius 3 is 3.07 bits per heavy atom. The van der Waals surface area contributed by atoms with Crippen molar-refractivity contribution in [1.29, 1.82) is 0 Å². The molecule has 2 heterocycles. The van der Waals surface area contributed by atoms with E-state index < -0.39 is 0 Å². The molecule has 0 spiro atoms. The summed E-state index contributed by atoms with van der Waals surface area (Å²) in [5, 5.41) is 7.04. The van der Waals surface area contributed by atoms with Crippen molar-refractivity contribution >= 4 is 11.3 Å². The second-order valence-electron chi connectivity index (χ2n) is 2.98. The smallest absolute Gasteiger partial charge is 0.114 e. The van der Waals surface area contributed by atoms with Gasteiger partial charge in [-0.3, -0.25) is 4.68 Å². The van der Waals surface area contributed by atoms with E-state index in [4.69, 9.17) is 5.73 Å². The van der Waals surface area contributed by atoms with E-state index in [2.05, 4.69) is 10.1 Å². The molecule has 5 heteroatoms. The molecule has 0 aliphatic heterocycles. The Labute approximate surface area is 86.4 Å². The van der Waals surface area contributed by atoms with Gasteiger partial charge in [-0.05, 0) is 6.92 Å². The molecule has 1 unspecified atom stereocenters. The van der Waals surface area contributed by atoms with E-state index in [0.29, 0.717) is 0 Å². The Bertz CT molecular complexity index is 393. The number of thiazole rings is 1. The van der Waals surface area contributed by atoms with Gasteiger partial charge >= 0.3 is 0 Å². The highest BCUT2D eigenvalue weighted by Crippen LogP contribution is 2.20. The van der Waals surface area contributed by atoms with Crippen LogP contribution in [0.5, 0.6) is 0 Å². The molecule has 0 radical (unpaired) electrons. The Morgan fingerprint density at radius 2 is 2.50 bits per heavy atom. The zero-order chi connectivity index (χ0) is 9.97. The topological polar surface area (TPSA) is 56.7 Å². The van der Waals surface area contributed by atoms with Crippen molar-refractivity contribution in [3.8, 4) is 0 Å². The summed E-state index contributed by atoms with van der Waals surface area (Å²) in [4.78, 5) is 4.18. The van der Waals surface area contributed by atoms with E-state index in [1.54, 1.807) is 23.7 Å². The van der Waals surface area contributed by atoms with Gasteiger partial charge in [0.25, 0.3) is 0 Å². The molecule has 14 heavy (non-hydrogen) atoms. The molecule has 0 saturated heterocycles. The van der Waals surface area contributed by atoms with Crippen LogP contribution in [0.15, 0.2) is 24.0 Å². The normalized spacial score (nSPS) is 13.0. The molecular formula is C9H12N4S. The van der Waals surface area contributed by atoms with Crippen LogP contribution in [0, 0.1) is 0 Å². The van der Waals surface area contributed by atoms with Crippen LogP contribution < -0.4 is 5.73 Å². The first-order chi connectivity index (χ1) is 6.81. The Kier molecular flexibility index (Phi) is 2.60. The van der Waals surface area contributed by atoms with E-state index in [-0.39, 0.29) is 6.04 Å². The zero-order valence-corrected chi connectivity index (χ0v) is 8.74. The van der Waals surface area contributed by atoms with Crippen molar-refractivity contribution in [3.63, 3.8) is 0 Å². The third kappa shape index (κ3) is 1.69. The summed E-state index contributed by atoms with van der Waals surface area (Å²) >= 11 is 1.57. The molecular weight excluding hydrogens is 196 g/mol. The second kappa shape index (κ2) is 3.89. The van der Waals surface area contributed by atoms with Crippen LogP contribution in [0.25, 0.3) is 0 Å². The highest BCUT2D eigenvalue weighted by Gasteiger charge is 2.12. The maximum atomic E-state index is 6.02. The molecule has 4 nitrogen and oxygen atoms in total. The van der Waals surface area contributed by atoms with Crippen LogP contribution >= 0.6 is 11.3 Å². The SMILES string of the molecule is CCn1cc(C(N)c2nccs2)cn1. The first-order valence-electron chi connectivity index (χ1n) is 4.48. The average Bonchev–Trinajstić information content (AvgIpc) is 2.88. The maximum absolute atomic E-state index is 6.02. The predicted molar refractivity (Wildman–Crippen MR) is 56.0 cm³/mol. The summed E-state index contributed by atoms with van der Waals surface area (Å²) in [6, 6.07) is -0.143. The molecule has 2 N–H and O–H groups in total. The minimum atomic E-state index is -0.143. The third-order valence-corrected chi connectivity index (χ3v) is 2.91. The fourth-order valence-electron chi connectivity index (χ4n) is 1.24. The summed E-state index contributed by atoms with van der Waals surface area (Å²) in [6.07, 6.45) is 5.53. The van der Waals surface area contributed by atoms with Crippen molar-refractivity contribution < 1.29 is 0 Å². The number of hydrogen-bond donors (Lipinski definition) is 1. The molecule has 0 amide bonds.